The van der Waals surface area contributed by atoms with Crippen LogP contribution in [0.3, 0.4) is 0 Å². The van der Waals surface area contributed by atoms with Crippen molar-refractivity contribution < 1.29 is 14.1 Å². The third-order valence-electron chi connectivity index (χ3n) is 6.69. The fourth-order valence-corrected chi connectivity index (χ4v) is 4.73. The summed E-state index contributed by atoms with van der Waals surface area (Å²) in [5, 5.41) is 8.75. The van der Waals surface area contributed by atoms with Gasteiger partial charge in [0.2, 0.25) is 11.8 Å². The molecule has 2 aliphatic rings. The van der Waals surface area contributed by atoms with E-state index in [0.717, 1.165) is 24.0 Å². The van der Waals surface area contributed by atoms with Crippen molar-refractivity contribution in [3.63, 3.8) is 0 Å². The molecular weight excluding hydrogens is 489 g/mol. The summed E-state index contributed by atoms with van der Waals surface area (Å²) >= 11 is 0. The standard InChI is InChI=1S/C26H28FN9O2/c1-2-22(38)34-11-3-5-19(15-34)36-26-23(25(28)31-16-32-26)24(33-36)18-8-6-17(7-9-18)14-30-21(37)13-20-29-10-4-12-35(20)27/h2,4,6-10,12,16,19-20H,1,3,5,11,13-15H2,(H,30,37)(H2,28,31,32)/t19-,20?/m1/s1. The molecule has 0 aliphatic carbocycles. The third-order valence-corrected chi connectivity index (χ3v) is 6.69. The van der Waals surface area contributed by atoms with E-state index in [4.69, 9.17) is 10.8 Å². The lowest BCUT2D eigenvalue weighted by Crippen LogP contribution is -2.40. The Labute approximate surface area is 218 Å². The zero-order valence-corrected chi connectivity index (χ0v) is 20.7. The van der Waals surface area contributed by atoms with Gasteiger partial charge in [-0.2, -0.15) is 10.2 Å². The normalized spacial score (nSPS) is 19.1. The Morgan fingerprint density at radius 3 is 2.82 bits per heavy atom. The Bertz CT molecular complexity index is 1420. The lowest BCUT2D eigenvalue weighted by atomic mass is 10.1. The first-order valence-corrected chi connectivity index (χ1v) is 12.3. The fourth-order valence-electron chi connectivity index (χ4n) is 4.73. The van der Waals surface area contributed by atoms with E-state index in [0.29, 0.717) is 40.8 Å². The summed E-state index contributed by atoms with van der Waals surface area (Å²) in [6, 6.07) is 7.50. The van der Waals surface area contributed by atoms with Crippen molar-refractivity contribution in [1.82, 2.24) is 35.1 Å². The van der Waals surface area contributed by atoms with Crippen molar-refractivity contribution in [1.29, 1.82) is 0 Å². The number of carbonyl (C=O) groups excluding carboxylic acids is 2. The first-order valence-electron chi connectivity index (χ1n) is 12.3. The summed E-state index contributed by atoms with van der Waals surface area (Å²) < 4.78 is 15.6. The van der Waals surface area contributed by atoms with Gasteiger partial charge in [0.05, 0.1) is 17.8 Å². The number of hydrogen-bond donors (Lipinski definition) is 2. The number of nitrogen functional groups attached to an aromatic ring is 1. The number of piperidine rings is 1. The molecule has 4 heterocycles. The molecule has 1 fully saturated rings. The van der Waals surface area contributed by atoms with Crippen LogP contribution in [0.15, 0.2) is 60.5 Å². The van der Waals surface area contributed by atoms with Crippen LogP contribution < -0.4 is 11.1 Å². The van der Waals surface area contributed by atoms with Crippen molar-refractivity contribution in [2.75, 3.05) is 18.8 Å². The van der Waals surface area contributed by atoms with E-state index in [-0.39, 0.29) is 30.8 Å². The average Bonchev–Trinajstić information content (AvgIpc) is 3.34. The SMILES string of the molecule is C=CC(=O)N1CCC[C@@H](n2nc(-c3ccc(CNC(=O)CC4N=CC=CN4F)cc3)c3c(N)ncnc32)C1. The highest BCUT2D eigenvalue weighted by molar-refractivity contribution is 5.98. The number of benzene rings is 1. The van der Waals surface area contributed by atoms with Crippen LogP contribution in [0.5, 0.6) is 0 Å². The van der Waals surface area contributed by atoms with Crippen molar-refractivity contribution in [2.24, 2.45) is 4.99 Å². The molecule has 3 aromatic rings. The van der Waals surface area contributed by atoms with Crippen molar-refractivity contribution in [2.45, 2.75) is 38.0 Å². The smallest absolute Gasteiger partial charge is 0.246 e. The van der Waals surface area contributed by atoms with Gasteiger partial charge in [-0.1, -0.05) is 35.3 Å². The molecule has 38 heavy (non-hydrogen) atoms. The molecule has 2 aromatic heterocycles. The van der Waals surface area contributed by atoms with Gasteiger partial charge in [0.1, 0.15) is 17.8 Å². The number of allylic oxidation sites excluding steroid dienone is 1. The zero-order chi connectivity index (χ0) is 26.6. The van der Waals surface area contributed by atoms with E-state index in [1.807, 2.05) is 28.9 Å². The number of hydrogen-bond acceptors (Lipinski definition) is 8. The van der Waals surface area contributed by atoms with Crippen LogP contribution >= 0.6 is 0 Å². The summed E-state index contributed by atoms with van der Waals surface area (Å²) in [4.78, 5) is 38.8. The van der Waals surface area contributed by atoms with Gasteiger partial charge in [-0.05, 0) is 30.6 Å². The average molecular weight is 518 g/mol. The Kier molecular flexibility index (Phi) is 7.11. The van der Waals surface area contributed by atoms with E-state index in [9.17, 15) is 14.1 Å². The number of likely N-dealkylation sites (tertiary alicyclic amines) is 1. The Hall–Kier alpha value is -4.61. The highest BCUT2D eigenvalue weighted by atomic mass is 19.2. The minimum absolute atomic E-state index is 0.0584. The van der Waals surface area contributed by atoms with Gasteiger partial charge in [-0.3, -0.25) is 14.6 Å². The predicted molar refractivity (Wildman–Crippen MR) is 141 cm³/mol. The summed E-state index contributed by atoms with van der Waals surface area (Å²) in [6.45, 7) is 5.07. The molecule has 0 radical (unpaired) electrons. The molecule has 0 bridgehead atoms. The van der Waals surface area contributed by atoms with E-state index in [1.54, 1.807) is 4.90 Å². The van der Waals surface area contributed by atoms with Crippen LogP contribution in [0.25, 0.3) is 22.3 Å². The number of aromatic nitrogens is 4. The van der Waals surface area contributed by atoms with Crippen molar-refractivity contribution >= 4 is 34.9 Å². The predicted octanol–water partition coefficient (Wildman–Crippen LogP) is 2.54. The highest BCUT2D eigenvalue weighted by Gasteiger charge is 2.28. The summed E-state index contributed by atoms with van der Waals surface area (Å²) in [6.07, 6.45) is 7.67. The quantitative estimate of drug-likeness (QED) is 0.363. The van der Waals surface area contributed by atoms with Gasteiger partial charge >= 0.3 is 0 Å². The maximum Gasteiger partial charge on any atom is 0.246 e. The number of anilines is 1. The number of fused-ring (bicyclic) bond motifs is 1. The van der Waals surface area contributed by atoms with E-state index < -0.39 is 6.17 Å². The number of carbonyl (C=O) groups is 2. The Balaban J connectivity index is 1.33. The number of aliphatic imine (C=N–C) groups is 1. The minimum atomic E-state index is -0.857. The second kappa shape index (κ2) is 10.8. The van der Waals surface area contributed by atoms with Gasteiger partial charge < -0.3 is 16.0 Å². The highest BCUT2D eigenvalue weighted by Crippen LogP contribution is 2.33. The second-order valence-electron chi connectivity index (χ2n) is 9.18. The number of nitrogens with one attached hydrogen (secondary N) is 1. The summed E-state index contributed by atoms with van der Waals surface area (Å²) in [5.74, 6) is -0.0848. The minimum Gasteiger partial charge on any atom is -0.383 e. The Morgan fingerprint density at radius 1 is 1.24 bits per heavy atom. The van der Waals surface area contributed by atoms with Gasteiger partial charge in [0, 0.05) is 37.6 Å². The molecule has 196 valence electrons. The molecule has 2 aliphatic heterocycles. The molecule has 2 atom stereocenters. The van der Waals surface area contributed by atoms with E-state index >= 15 is 0 Å². The molecule has 1 unspecified atom stereocenters. The number of halogens is 1. The fraction of sp³-hybridized carbons (Fsp3) is 0.308. The number of nitrogens with zero attached hydrogens (tertiary/aromatic N) is 7. The number of amides is 2. The molecule has 1 saturated heterocycles. The maximum absolute atomic E-state index is 13.7. The molecular formula is C26H28FN9O2. The molecule has 0 saturated carbocycles. The lowest BCUT2D eigenvalue weighted by Gasteiger charge is -2.32. The van der Waals surface area contributed by atoms with Crippen LogP contribution in [0.1, 0.15) is 30.9 Å². The van der Waals surface area contributed by atoms with Crippen LogP contribution in [-0.4, -0.2) is 67.1 Å². The maximum atomic E-state index is 13.7. The largest absolute Gasteiger partial charge is 0.383 e. The van der Waals surface area contributed by atoms with E-state index in [2.05, 4.69) is 26.9 Å². The topological polar surface area (TPSA) is 135 Å². The van der Waals surface area contributed by atoms with Gasteiger partial charge in [-0.25, -0.2) is 14.6 Å². The van der Waals surface area contributed by atoms with Crippen LogP contribution in [0, 0.1) is 0 Å². The van der Waals surface area contributed by atoms with Gasteiger partial charge in [0.15, 0.2) is 11.8 Å². The lowest BCUT2D eigenvalue weighted by molar-refractivity contribution is -0.127. The number of rotatable bonds is 7. The van der Waals surface area contributed by atoms with Gasteiger partial charge in [-0.15, -0.1) is 0 Å². The zero-order valence-electron chi connectivity index (χ0n) is 20.7. The van der Waals surface area contributed by atoms with Crippen molar-refractivity contribution in [3.8, 4) is 11.3 Å². The second-order valence-corrected chi connectivity index (χ2v) is 9.18. The van der Waals surface area contributed by atoms with Crippen LogP contribution in [0.4, 0.5) is 10.3 Å². The number of nitrogens with two attached hydrogens (primary N) is 1. The third kappa shape index (κ3) is 5.10. The molecule has 3 N–H and O–H groups in total. The monoisotopic (exact) mass is 517 g/mol. The Morgan fingerprint density at radius 2 is 2.05 bits per heavy atom. The first kappa shape index (κ1) is 25.1. The molecule has 5 rings (SSSR count). The van der Waals surface area contributed by atoms with Crippen molar-refractivity contribution in [3.05, 3.63) is 61.1 Å². The molecule has 11 nitrogen and oxygen atoms in total. The molecule has 12 heteroatoms. The van der Waals surface area contributed by atoms with E-state index in [1.165, 1.54) is 30.9 Å². The molecule has 0 spiro atoms. The van der Waals surface area contributed by atoms with Crippen LogP contribution in [0.2, 0.25) is 0 Å². The van der Waals surface area contributed by atoms with Gasteiger partial charge in [0.25, 0.3) is 0 Å². The summed E-state index contributed by atoms with van der Waals surface area (Å²) in [5.41, 5.74) is 9.20. The summed E-state index contributed by atoms with van der Waals surface area (Å²) in [7, 11) is 0. The first-order chi connectivity index (χ1) is 18.4. The molecule has 1 aromatic carbocycles. The molecule has 2 amide bonds. The van der Waals surface area contributed by atoms with Crippen LogP contribution in [-0.2, 0) is 16.1 Å².